The van der Waals surface area contributed by atoms with Crippen molar-refractivity contribution in [2.24, 2.45) is 5.92 Å². The molecular weight excluding hydrogens is 323 g/mol. The first-order chi connectivity index (χ1) is 12.0. The summed E-state index contributed by atoms with van der Waals surface area (Å²) in [5, 5.41) is 6.88. The minimum Gasteiger partial charge on any atom is -0.300 e. The minimum absolute atomic E-state index is 0.0955. The van der Waals surface area contributed by atoms with E-state index in [1.807, 2.05) is 19.1 Å². The van der Waals surface area contributed by atoms with Crippen LogP contribution >= 0.6 is 0 Å². The van der Waals surface area contributed by atoms with Gasteiger partial charge in [0, 0.05) is 24.6 Å². The van der Waals surface area contributed by atoms with Crippen molar-refractivity contribution in [3.05, 3.63) is 47.9 Å². The molecule has 2 heterocycles. The first-order valence-electron chi connectivity index (χ1n) is 7.94. The quantitative estimate of drug-likeness (QED) is 0.797. The van der Waals surface area contributed by atoms with E-state index in [0.717, 1.165) is 16.7 Å². The molecule has 126 valence electrons. The van der Waals surface area contributed by atoms with Gasteiger partial charge in [-0.2, -0.15) is 4.98 Å². The average Bonchev–Trinajstić information content (AvgIpc) is 2.92. The molecule has 0 radical (unpaired) electrons. The van der Waals surface area contributed by atoms with Crippen LogP contribution in [0.3, 0.4) is 0 Å². The van der Waals surface area contributed by atoms with Crippen LogP contribution in [-0.4, -0.2) is 26.3 Å². The molecule has 4 rings (SSSR count). The number of halogens is 1. The number of carbonyl (C=O) groups is 2. The van der Waals surface area contributed by atoms with Gasteiger partial charge in [0.2, 0.25) is 11.9 Å². The summed E-state index contributed by atoms with van der Waals surface area (Å²) in [7, 11) is 0. The maximum absolute atomic E-state index is 13.6. The van der Waals surface area contributed by atoms with Gasteiger partial charge in [-0.15, -0.1) is 5.10 Å². The Labute approximate surface area is 142 Å². The highest BCUT2D eigenvalue weighted by atomic mass is 19.1. The van der Waals surface area contributed by atoms with Gasteiger partial charge in [-0.25, -0.2) is 8.91 Å². The lowest BCUT2D eigenvalue weighted by atomic mass is 9.83. The molecule has 1 saturated carbocycles. The summed E-state index contributed by atoms with van der Waals surface area (Å²) in [6, 6.07) is 8.40. The Balaban J connectivity index is 1.61. The van der Waals surface area contributed by atoms with Crippen molar-refractivity contribution in [1.82, 2.24) is 14.6 Å². The predicted molar refractivity (Wildman–Crippen MR) is 89.5 cm³/mol. The van der Waals surface area contributed by atoms with Crippen molar-refractivity contribution in [2.45, 2.75) is 19.8 Å². The molecule has 0 aliphatic heterocycles. The van der Waals surface area contributed by atoms with Crippen LogP contribution in [0.5, 0.6) is 0 Å². The number of hydrogen-bond donors (Lipinski definition) is 1. The largest absolute Gasteiger partial charge is 0.300 e. The van der Waals surface area contributed by atoms with Crippen LogP contribution in [0.1, 0.15) is 18.4 Å². The molecule has 1 aliphatic carbocycles. The number of ketones is 1. The maximum atomic E-state index is 13.6. The summed E-state index contributed by atoms with van der Waals surface area (Å²) in [5.74, 6) is -0.534. The van der Waals surface area contributed by atoms with Crippen molar-refractivity contribution in [1.29, 1.82) is 0 Å². The van der Waals surface area contributed by atoms with Gasteiger partial charge in [0.1, 0.15) is 11.6 Å². The molecule has 1 amide bonds. The van der Waals surface area contributed by atoms with Crippen molar-refractivity contribution in [3.8, 4) is 11.1 Å². The summed E-state index contributed by atoms with van der Waals surface area (Å²) >= 11 is 0. The monoisotopic (exact) mass is 338 g/mol. The van der Waals surface area contributed by atoms with Gasteiger partial charge in [-0.3, -0.25) is 14.9 Å². The molecule has 3 aromatic rings. The van der Waals surface area contributed by atoms with E-state index in [-0.39, 0.29) is 42.2 Å². The van der Waals surface area contributed by atoms with E-state index in [0.29, 0.717) is 5.65 Å². The molecule has 0 unspecified atom stereocenters. The molecular formula is C18H15FN4O2. The summed E-state index contributed by atoms with van der Waals surface area (Å²) in [4.78, 5) is 27.2. The Morgan fingerprint density at radius 3 is 2.76 bits per heavy atom. The van der Waals surface area contributed by atoms with Crippen LogP contribution in [-0.2, 0) is 9.59 Å². The van der Waals surface area contributed by atoms with Crippen LogP contribution in [0.2, 0.25) is 0 Å². The molecule has 1 aliphatic rings. The van der Waals surface area contributed by atoms with E-state index in [4.69, 9.17) is 0 Å². The van der Waals surface area contributed by atoms with Crippen molar-refractivity contribution >= 4 is 23.3 Å². The lowest BCUT2D eigenvalue weighted by Gasteiger charge is -2.21. The van der Waals surface area contributed by atoms with E-state index >= 15 is 0 Å². The Morgan fingerprint density at radius 2 is 2.04 bits per heavy atom. The van der Waals surface area contributed by atoms with E-state index in [2.05, 4.69) is 15.4 Å². The van der Waals surface area contributed by atoms with E-state index in [1.54, 1.807) is 12.3 Å². The van der Waals surface area contributed by atoms with Crippen molar-refractivity contribution in [3.63, 3.8) is 0 Å². The van der Waals surface area contributed by atoms with Gasteiger partial charge >= 0.3 is 0 Å². The third-order valence-electron chi connectivity index (χ3n) is 4.26. The molecule has 0 bridgehead atoms. The van der Waals surface area contributed by atoms with E-state index in [1.165, 1.54) is 16.6 Å². The molecule has 6 nitrogen and oxygen atoms in total. The number of carbonyl (C=O) groups excluding carboxylic acids is 2. The number of hydrogen-bond acceptors (Lipinski definition) is 4. The van der Waals surface area contributed by atoms with Crippen LogP contribution in [0.25, 0.3) is 16.8 Å². The van der Waals surface area contributed by atoms with Crippen LogP contribution in [0.15, 0.2) is 36.5 Å². The highest BCUT2D eigenvalue weighted by Crippen LogP contribution is 2.25. The summed E-state index contributed by atoms with van der Waals surface area (Å²) in [5.41, 5.74) is 2.93. The highest BCUT2D eigenvalue weighted by molar-refractivity contribution is 6.01. The third kappa shape index (κ3) is 3.00. The van der Waals surface area contributed by atoms with E-state index in [9.17, 15) is 14.0 Å². The smallest absolute Gasteiger partial charge is 0.249 e. The second-order valence-electron chi connectivity index (χ2n) is 6.31. The number of Topliss-reactive ketones (excluding diaryl/α,β-unsaturated/α-hetero) is 1. The predicted octanol–water partition coefficient (Wildman–Crippen LogP) is 2.76. The molecule has 7 heteroatoms. The number of rotatable bonds is 3. The Kier molecular flexibility index (Phi) is 3.56. The van der Waals surface area contributed by atoms with Crippen LogP contribution < -0.4 is 5.32 Å². The van der Waals surface area contributed by atoms with Crippen LogP contribution in [0.4, 0.5) is 10.3 Å². The lowest BCUT2D eigenvalue weighted by Crippen LogP contribution is -2.34. The molecule has 0 spiro atoms. The van der Waals surface area contributed by atoms with Gasteiger partial charge in [0.15, 0.2) is 5.65 Å². The molecule has 0 atom stereocenters. The van der Waals surface area contributed by atoms with Gasteiger partial charge in [-0.05, 0) is 42.3 Å². The molecule has 0 saturated heterocycles. The fourth-order valence-corrected chi connectivity index (χ4v) is 2.90. The maximum Gasteiger partial charge on any atom is 0.249 e. The number of pyridine rings is 1. The Bertz CT molecular complexity index is 983. The zero-order valence-corrected chi connectivity index (χ0v) is 13.5. The number of benzene rings is 1. The topological polar surface area (TPSA) is 76.4 Å². The SMILES string of the molecule is Cc1cc(F)cc(-c2ccc3nc(NC(=O)C4CC(=O)C4)nn3c2)c1. The van der Waals surface area contributed by atoms with Crippen LogP contribution in [0, 0.1) is 18.7 Å². The van der Waals surface area contributed by atoms with Gasteiger partial charge in [0.25, 0.3) is 0 Å². The first kappa shape index (κ1) is 15.4. The number of amides is 1. The summed E-state index contributed by atoms with van der Waals surface area (Å²) in [6.45, 7) is 1.83. The zero-order chi connectivity index (χ0) is 17.6. The second kappa shape index (κ2) is 5.77. The molecule has 1 fully saturated rings. The first-order valence-corrected chi connectivity index (χ1v) is 7.94. The standard InChI is InChI=1S/C18H15FN4O2/c1-10-4-12(6-14(19)5-10)11-2-3-16-20-18(22-23(16)9-11)21-17(25)13-7-15(24)8-13/h2-6,9,13H,7-8H2,1H3,(H,21,22,25). The fraction of sp³-hybridized carbons (Fsp3) is 0.222. The summed E-state index contributed by atoms with van der Waals surface area (Å²) < 4.78 is 15.1. The van der Waals surface area contributed by atoms with Crippen molar-refractivity contribution < 1.29 is 14.0 Å². The summed E-state index contributed by atoms with van der Waals surface area (Å²) in [6.07, 6.45) is 2.30. The van der Waals surface area contributed by atoms with Gasteiger partial charge in [0.05, 0.1) is 5.92 Å². The number of fused-ring (bicyclic) bond motifs is 1. The third-order valence-corrected chi connectivity index (χ3v) is 4.26. The number of nitrogens with zero attached hydrogens (tertiary/aromatic N) is 3. The normalized spacial score (nSPS) is 14.6. The van der Waals surface area contributed by atoms with E-state index < -0.39 is 0 Å². The lowest BCUT2D eigenvalue weighted by molar-refractivity contribution is -0.135. The zero-order valence-electron chi connectivity index (χ0n) is 13.5. The number of aryl methyl sites for hydroxylation is 1. The second-order valence-corrected chi connectivity index (χ2v) is 6.31. The highest BCUT2D eigenvalue weighted by Gasteiger charge is 2.33. The molecule has 1 N–H and O–H groups in total. The molecule has 25 heavy (non-hydrogen) atoms. The number of aromatic nitrogens is 3. The number of anilines is 1. The molecule has 2 aromatic heterocycles. The Hall–Kier alpha value is -3.09. The average molecular weight is 338 g/mol. The number of nitrogens with one attached hydrogen (secondary N) is 1. The minimum atomic E-state index is -0.295. The Morgan fingerprint density at radius 1 is 1.24 bits per heavy atom. The van der Waals surface area contributed by atoms with Crippen molar-refractivity contribution in [2.75, 3.05) is 5.32 Å². The van der Waals surface area contributed by atoms with Gasteiger partial charge < -0.3 is 0 Å². The fourth-order valence-electron chi connectivity index (χ4n) is 2.90. The van der Waals surface area contributed by atoms with Gasteiger partial charge in [-0.1, -0.05) is 6.07 Å². The molecule has 1 aromatic carbocycles.